The van der Waals surface area contributed by atoms with Crippen molar-refractivity contribution in [1.82, 2.24) is 5.32 Å². The van der Waals surface area contributed by atoms with Crippen molar-refractivity contribution in [3.05, 3.63) is 0 Å². The molecule has 1 amide bonds. The molecule has 0 aromatic heterocycles. The van der Waals surface area contributed by atoms with Gasteiger partial charge in [0.2, 0.25) is 5.91 Å². The quantitative estimate of drug-likeness (QED) is 0.357. The van der Waals surface area contributed by atoms with E-state index in [4.69, 9.17) is 14.2 Å². The summed E-state index contributed by atoms with van der Waals surface area (Å²) < 4.78 is 15.1. The number of amides is 1. The molecule has 0 aliphatic heterocycles. The number of unbranched alkanes of at least 4 members (excludes halogenated alkanes) is 1. The molecule has 0 heterocycles. The fourth-order valence-electron chi connectivity index (χ4n) is 1.90. The molecule has 132 valence electrons. The summed E-state index contributed by atoms with van der Waals surface area (Å²) in [6.07, 6.45) is 0.153. The number of ether oxygens (including phenoxy) is 3. The molecule has 0 fully saturated rings. The summed E-state index contributed by atoms with van der Waals surface area (Å²) in [6, 6.07) is 0. The summed E-state index contributed by atoms with van der Waals surface area (Å²) in [5, 5.41) is 2.66. The van der Waals surface area contributed by atoms with Crippen LogP contribution in [0.5, 0.6) is 0 Å². The number of carbonyl (C=O) groups is 4. The molecule has 0 aliphatic carbocycles. The van der Waals surface area contributed by atoms with Crippen molar-refractivity contribution in [3.63, 3.8) is 0 Å². The number of carbonyl (C=O) groups excluding carboxylic acids is 4. The van der Waals surface area contributed by atoms with Crippen molar-refractivity contribution >= 4 is 23.8 Å². The molecule has 8 nitrogen and oxygen atoms in total. The van der Waals surface area contributed by atoms with Crippen LogP contribution >= 0.6 is 0 Å². The molecule has 0 aliphatic rings. The van der Waals surface area contributed by atoms with Crippen LogP contribution in [0.3, 0.4) is 0 Å². The van der Waals surface area contributed by atoms with Gasteiger partial charge in [-0.2, -0.15) is 0 Å². The van der Waals surface area contributed by atoms with Crippen molar-refractivity contribution in [2.24, 2.45) is 0 Å². The zero-order valence-corrected chi connectivity index (χ0v) is 14.0. The number of hydrogen-bond acceptors (Lipinski definition) is 7. The summed E-state index contributed by atoms with van der Waals surface area (Å²) in [6.45, 7) is 5.46. The van der Waals surface area contributed by atoms with Crippen LogP contribution in [0.1, 0.15) is 47.0 Å². The lowest BCUT2D eigenvalue weighted by atomic mass is 10.1. The molecule has 8 heteroatoms. The highest BCUT2D eigenvalue weighted by Crippen LogP contribution is 2.14. The Labute approximate surface area is 135 Å². The topological polar surface area (TPSA) is 108 Å². The third-order valence-corrected chi connectivity index (χ3v) is 2.79. The zero-order valence-electron chi connectivity index (χ0n) is 14.0. The second-order valence-corrected chi connectivity index (χ2v) is 5.08. The third kappa shape index (κ3) is 12.1. The van der Waals surface area contributed by atoms with Crippen molar-refractivity contribution < 1.29 is 33.4 Å². The van der Waals surface area contributed by atoms with E-state index in [1.807, 2.05) is 0 Å². The molecule has 0 rings (SSSR count). The maximum Gasteiger partial charge on any atom is 0.303 e. The van der Waals surface area contributed by atoms with Crippen molar-refractivity contribution in [2.75, 3.05) is 13.2 Å². The highest BCUT2D eigenvalue weighted by molar-refractivity contribution is 5.72. The summed E-state index contributed by atoms with van der Waals surface area (Å²) >= 11 is 0. The Hall–Kier alpha value is -2.12. The lowest BCUT2D eigenvalue weighted by Crippen LogP contribution is -2.38. The molecule has 0 spiro atoms. The summed E-state index contributed by atoms with van der Waals surface area (Å²) in [4.78, 5) is 44.1. The molecular formula is C15H25NO7. The van der Waals surface area contributed by atoms with Crippen molar-refractivity contribution in [1.29, 1.82) is 0 Å². The predicted molar refractivity (Wildman–Crippen MR) is 80.3 cm³/mol. The first-order valence-electron chi connectivity index (χ1n) is 7.44. The molecule has 0 aromatic rings. The number of nitrogens with one attached hydrogen (secondary N) is 1. The average molecular weight is 331 g/mol. The average Bonchev–Trinajstić information content (AvgIpc) is 2.40. The van der Waals surface area contributed by atoms with Gasteiger partial charge >= 0.3 is 17.9 Å². The molecule has 0 saturated heterocycles. The molecule has 23 heavy (non-hydrogen) atoms. The molecule has 0 saturated carbocycles. The summed E-state index contributed by atoms with van der Waals surface area (Å²) in [5.41, 5.74) is 0. The second kappa shape index (κ2) is 11.4. The van der Waals surface area contributed by atoms with Gasteiger partial charge in [-0.1, -0.05) is 0 Å². The molecule has 2 atom stereocenters. The van der Waals surface area contributed by atoms with E-state index in [1.54, 1.807) is 0 Å². The Kier molecular flexibility index (Phi) is 10.4. The van der Waals surface area contributed by atoms with Crippen molar-refractivity contribution in [3.8, 4) is 0 Å². The van der Waals surface area contributed by atoms with E-state index in [0.717, 1.165) is 0 Å². The first-order chi connectivity index (χ1) is 10.7. The Morgan fingerprint density at radius 3 is 1.87 bits per heavy atom. The lowest BCUT2D eigenvalue weighted by molar-refractivity contribution is -0.173. The minimum atomic E-state index is -0.860. The SMILES string of the molecule is CC(=O)NCCCC[C@@H](OC(C)=O)[C@@H](COC(C)=O)OC(C)=O. The van der Waals surface area contributed by atoms with Crippen LogP contribution in [-0.2, 0) is 33.4 Å². The van der Waals surface area contributed by atoms with Gasteiger partial charge in [0.15, 0.2) is 6.10 Å². The molecule has 0 aromatic carbocycles. The van der Waals surface area contributed by atoms with E-state index >= 15 is 0 Å². The maximum absolute atomic E-state index is 11.2. The first-order valence-corrected chi connectivity index (χ1v) is 7.44. The Bertz CT molecular complexity index is 422. The van der Waals surface area contributed by atoms with E-state index < -0.39 is 30.1 Å². The minimum Gasteiger partial charge on any atom is -0.462 e. The van der Waals surface area contributed by atoms with Gasteiger partial charge in [-0.05, 0) is 19.3 Å². The van der Waals surface area contributed by atoms with E-state index in [-0.39, 0.29) is 12.5 Å². The monoisotopic (exact) mass is 331 g/mol. The van der Waals surface area contributed by atoms with Crippen LogP contribution in [0, 0.1) is 0 Å². The van der Waals surface area contributed by atoms with Gasteiger partial charge in [0.1, 0.15) is 12.7 Å². The van der Waals surface area contributed by atoms with Gasteiger partial charge in [0.05, 0.1) is 0 Å². The maximum atomic E-state index is 11.2. The van der Waals surface area contributed by atoms with Crippen molar-refractivity contribution in [2.45, 2.75) is 59.2 Å². The van der Waals surface area contributed by atoms with Crippen LogP contribution in [0.15, 0.2) is 0 Å². The fraction of sp³-hybridized carbons (Fsp3) is 0.733. The third-order valence-electron chi connectivity index (χ3n) is 2.79. The molecule has 1 N–H and O–H groups in total. The van der Waals surface area contributed by atoms with Crippen LogP contribution in [0.2, 0.25) is 0 Å². The molecule has 0 unspecified atom stereocenters. The Morgan fingerprint density at radius 2 is 1.39 bits per heavy atom. The largest absolute Gasteiger partial charge is 0.462 e. The van der Waals surface area contributed by atoms with E-state index in [0.29, 0.717) is 25.8 Å². The van der Waals surface area contributed by atoms with Gasteiger partial charge < -0.3 is 19.5 Å². The summed E-state index contributed by atoms with van der Waals surface area (Å²) in [5.74, 6) is -1.71. The fourth-order valence-corrected chi connectivity index (χ4v) is 1.90. The van der Waals surface area contributed by atoms with E-state index in [2.05, 4.69) is 5.32 Å². The van der Waals surface area contributed by atoms with Crippen LogP contribution < -0.4 is 5.32 Å². The number of rotatable bonds is 10. The normalized spacial score (nSPS) is 12.7. The minimum absolute atomic E-state index is 0.116. The van der Waals surface area contributed by atoms with Crippen LogP contribution in [0.25, 0.3) is 0 Å². The van der Waals surface area contributed by atoms with Crippen LogP contribution in [0.4, 0.5) is 0 Å². The van der Waals surface area contributed by atoms with Gasteiger partial charge in [0, 0.05) is 34.2 Å². The highest BCUT2D eigenvalue weighted by Gasteiger charge is 2.28. The summed E-state index contributed by atoms with van der Waals surface area (Å²) in [7, 11) is 0. The first kappa shape index (κ1) is 20.9. The highest BCUT2D eigenvalue weighted by atomic mass is 16.6. The van der Waals surface area contributed by atoms with Gasteiger partial charge in [-0.3, -0.25) is 19.2 Å². The number of hydrogen-bond donors (Lipinski definition) is 1. The Morgan fingerprint density at radius 1 is 0.826 bits per heavy atom. The number of esters is 3. The molecule has 0 bridgehead atoms. The zero-order chi connectivity index (χ0) is 17.8. The van der Waals surface area contributed by atoms with Gasteiger partial charge in [-0.25, -0.2) is 0 Å². The Balaban J connectivity index is 4.62. The van der Waals surface area contributed by atoms with Gasteiger partial charge in [-0.15, -0.1) is 0 Å². The molecular weight excluding hydrogens is 306 g/mol. The van der Waals surface area contributed by atoms with Gasteiger partial charge in [0.25, 0.3) is 0 Å². The second-order valence-electron chi connectivity index (χ2n) is 5.08. The van der Waals surface area contributed by atoms with E-state index in [9.17, 15) is 19.2 Å². The predicted octanol–water partition coefficient (Wildman–Crippen LogP) is 0.719. The van der Waals surface area contributed by atoms with E-state index in [1.165, 1.54) is 27.7 Å². The lowest BCUT2D eigenvalue weighted by Gasteiger charge is -2.26. The smallest absolute Gasteiger partial charge is 0.303 e. The standard InChI is InChI=1S/C15H25NO7/c1-10(17)16-8-6-5-7-14(22-12(3)19)15(23-13(4)20)9-21-11(2)18/h14-15H,5-9H2,1-4H3,(H,16,17)/t14-,15-/m1/s1. The molecule has 0 radical (unpaired) electrons. The van der Waals surface area contributed by atoms with Crippen LogP contribution in [-0.4, -0.2) is 49.2 Å².